The Hall–Kier alpha value is -3.28. The summed E-state index contributed by atoms with van der Waals surface area (Å²) in [5.41, 5.74) is -0.254. The van der Waals surface area contributed by atoms with Crippen LogP contribution in [-0.2, 0) is 15.7 Å². The number of nitrogens with one attached hydrogen (secondary N) is 1. The highest BCUT2D eigenvalue weighted by Crippen LogP contribution is 2.34. The molecule has 1 N–H and O–H groups in total. The van der Waals surface area contributed by atoms with Crippen molar-refractivity contribution in [2.75, 3.05) is 43.0 Å². The van der Waals surface area contributed by atoms with Gasteiger partial charge in [0.05, 0.1) is 12.3 Å². The second-order valence-electron chi connectivity index (χ2n) is 8.65. The van der Waals surface area contributed by atoms with Crippen LogP contribution in [0.3, 0.4) is 0 Å². The number of nitrogens with zero attached hydrogens (tertiary/aromatic N) is 5. The van der Waals surface area contributed by atoms with Crippen molar-refractivity contribution in [2.45, 2.75) is 44.0 Å². The Balaban J connectivity index is 1.19. The first-order chi connectivity index (χ1) is 16.8. The Labute approximate surface area is 200 Å². The van der Waals surface area contributed by atoms with Gasteiger partial charge in [0.25, 0.3) is 0 Å². The predicted molar refractivity (Wildman–Crippen MR) is 123 cm³/mol. The highest BCUT2D eigenvalue weighted by molar-refractivity contribution is 5.77. The fourth-order valence-corrected chi connectivity index (χ4v) is 4.43. The van der Waals surface area contributed by atoms with Crippen LogP contribution in [0.4, 0.5) is 30.5 Å². The van der Waals surface area contributed by atoms with Crippen molar-refractivity contribution in [3.8, 4) is 0 Å². The Morgan fingerprint density at radius 1 is 1.09 bits per heavy atom. The molecule has 12 heteroatoms. The minimum absolute atomic E-state index is 0.0225. The van der Waals surface area contributed by atoms with Crippen molar-refractivity contribution in [2.24, 2.45) is 5.18 Å². The molecule has 0 spiro atoms. The molecule has 1 aliphatic heterocycles. The maximum absolute atomic E-state index is 13.0. The van der Waals surface area contributed by atoms with Gasteiger partial charge < -0.3 is 19.9 Å². The third kappa shape index (κ3) is 6.44. The van der Waals surface area contributed by atoms with E-state index < -0.39 is 17.7 Å². The summed E-state index contributed by atoms with van der Waals surface area (Å²) in [5, 5.41) is 5.25. The molecule has 2 heterocycles. The SMILES string of the molecule is O=Nc1ncc(NC2CCC(OCC(=O)N3CCN(c4ccccc4)CC3)CC2)nc1C(F)(F)F. The summed E-state index contributed by atoms with van der Waals surface area (Å²) in [6.07, 6.45) is -1.21. The summed E-state index contributed by atoms with van der Waals surface area (Å²) in [7, 11) is 0. The van der Waals surface area contributed by atoms with Gasteiger partial charge in [0.15, 0.2) is 5.69 Å². The number of aromatic nitrogens is 2. The first-order valence-corrected chi connectivity index (χ1v) is 11.6. The molecule has 9 nitrogen and oxygen atoms in total. The molecular formula is C23H27F3N6O3. The van der Waals surface area contributed by atoms with Gasteiger partial charge in [-0.25, -0.2) is 9.97 Å². The fourth-order valence-electron chi connectivity index (χ4n) is 4.43. The quantitative estimate of drug-likeness (QED) is 0.584. The maximum Gasteiger partial charge on any atom is 0.437 e. The van der Waals surface area contributed by atoms with E-state index >= 15 is 0 Å². The minimum Gasteiger partial charge on any atom is -0.368 e. The summed E-state index contributed by atoms with van der Waals surface area (Å²) in [4.78, 5) is 34.2. The molecule has 1 saturated carbocycles. The number of rotatable bonds is 7. The Morgan fingerprint density at radius 2 is 1.77 bits per heavy atom. The molecule has 1 aromatic heterocycles. The van der Waals surface area contributed by atoms with Gasteiger partial charge in [-0.3, -0.25) is 4.79 Å². The average molecular weight is 493 g/mol. The van der Waals surface area contributed by atoms with Gasteiger partial charge in [-0.1, -0.05) is 18.2 Å². The number of hydrogen-bond acceptors (Lipinski definition) is 8. The van der Waals surface area contributed by atoms with Crippen LogP contribution >= 0.6 is 0 Å². The Kier molecular flexibility index (Phi) is 7.79. The van der Waals surface area contributed by atoms with E-state index in [-0.39, 0.29) is 30.5 Å². The lowest BCUT2D eigenvalue weighted by Gasteiger charge is -2.36. The van der Waals surface area contributed by atoms with Crippen LogP contribution in [0.15, 0.2) is 41.7 Å². The molecular weight excluding hydrogens is 465 g/mol. The molecule has 2 aliphatic rings. The van der Waals surface area contributed by atoms with E-state index in [1.165, 1.54) is 0 Å². The number of amides is 1. The summed E-state index contributed by atoms with van der Waals surface area (Å²) in [5.74, 6) is -1.07. The molecule has 4 rings (SSSR count). The van der Waals surface area contributed by atoms with Crippen molar-refractivity contribution in [1.29, 1.82) is 0 Å². The Morgan fingerprint density at radius 3 is 2.40 bits per heavy atom. The smallest absolute Gasteiger partial charge is 0.368 e. The van der Waals surface area contributed by atoms with Gasteiger partial charge in [-0.05, 0) is 43.0 Å². The number of carbonyl (C=O) groups is 1. The number of anilines is 2. The van der Waals surface area contributed by atoms with Crippen LogP contribution in [0.5, 0.6) is 0 Å². The molecule has 188 valence electrons. The zero-order valence-corrected chi connectivity index (χ0v) is 19.1. The highest BCUT2D eigenvalue weighted by Gasteiger charge is 2.38. The van der Waals surface area contributed by atoms with Gasteiger partial charge >= 0.3 is 6.18 Å². The highest BCUT2D eigenvalue weighted by atomic mass is 19.4. The lowest BCUT2D eigenvalue weighted by atomic mass is 9.93. The minimum atomic E-state index is -4.82. The van der Waals surface area contributed by atoms with E-state index in [1.807, 2.05) is 23.1 Å². The van der Waals surface area contributed by atoms with E-state index in [0.717, 1.165) is 25.0 Å². The first-order valence-electron chi connectivity index (χ1n) is 11.6. The van der Waals surface area contributed by atoms with Crippen molar-refractivity contribution >= 4 is 23.2 Å². The normalized spacial score (nSPS) is 21.0. The number of benzene rings is 1. The summed E-state index contributed by atoms with van der Waals surface area (Å²) in [6, 6.07) is 9.99. The molecule has 0 atom stereocenters. The second-order valence-corrected chi connectivity index (χ2v) is 8.65. The number of para-hydroxylation sites is 1. The monoisotopic (exact) mass is 492 g/mol. The van der Waals surface area contributed by atoms with Crippen molar-refractivity contribution < 1.29 is 22.7 Å². The van der Waals surface area contributed by atoms with Crippen LogP contribution in [0.25, 0.3) is 0 Å². The molecule has 1 saturated heterocycles. The summed E-state index contributed by atoms with van der Waals surface area (Å²) < 4.78 is 45.0. The zero-order valence-electron chi connectivity index (χ0n) is 19.1. The number of ether oxygens (including phenoxy) is 1. The molecule has 0 unspecified atom stereocenters. The maximum atomic E-state index is 13.0. The lowest BCUT2D eigenvalue weighted by Crippen LogP contribution is -2.50. The molecule has 1 aliphatic carbocycles. The van der Waals surface area contributed by atoms with Crippen molar-refractivity contribution in [3.63, 3.8) is 0 Å². The van der Waals surface area contributed by atoms with E-state index in [9.17, 15) is 22.9 Å². The lowest BCUT2D eigenvalue weighted by molar-refractivity contribution is -0.141. The molecule has 1 aromatic carbocycles. The number of carbonyl (C=O) groups excluding carboxylic acids is 1. The number of piperazine rings is 1. The number of nitroso groups, excluding NO2 is 1. The Bertz CT molecular complexity index is 1010. The van der Waals surface area contributed by atoms with Crippen LogP contribution in [0, 0.1) is 4.91 Å². The molecule has 0 radical (unpaired) electrons. The topological polar surface area (TPSA) is 100 Å². The van der Waals surface area contributed by atoms with Gasteiger partial charge in [0.2, 0.25) is 11.7 Å². The number of hydrogen-bond donors (Lipinski definition) is 1. The van der Waals surface area contributed by atoms with Gasteiger partial charge in [-0.15, -0.1) is 4.91 Å². The summed E-state index contributed by atoms with van der Waals surface area (Å²) in [6.45, 7) is 2.86. The van der Waals surface area contributed by atoms with Crippen LogP contribution in [-0.4, -0.2) is 65.7 Å². The third-order valence-corrected chi connectivity index (χ3v) is 6.33. The standard InChI is InChI=1S/C23H27F3N6O3/c24-23(25,26)21-22(30-34)27-14-19(29-21)28-16-6-8-18(9-7-16)35-15-20(33)32-12-10-31(11-13-32)17-4-2-1-3-5-17/h1-5,14,16,18H,6-13,15H2,(H,28,29). The fraction of sp³-hybridized carbons (Fsp3) is 0.522. The van der Waals surface area contributed by atoms with Gasteiger partial charge in [0, 0.05) is 37.9 Å². The predicted octanol–water partition coefficient (Wildman–Crippen LogP) is 3.98. The van der Waals surface area contributed by atoms with E-state index in [1.54, 1.807) is 0 Å². The van der Waals surface area contributed by atoms with Gasteiger partial charge in [0.1, 0.15) is 12.4 Å². The second kappa shape index (κ2) is 11.0. The average Bonchev–Trinajstić information content (AvgIpc) is 2.88. The van der Waals surface area contributed by atoms with E-state index in [0.29, 0.717) is 38.8 Å². The zero-order chi connectivity index (χ0) is 24.8. The molecule has 0 bridgehead atoms. The van der Waals surface area contributed by atoms with E-state index in [2.05, 4.69) is 37.5 Å². The summed E-state index contributed by atoms with van der Waals surface area (Å²) >= 11 is 0. The molecule has 1 amide bonds. The van der Waals surface area contributed by atoms with E-state index in [4.69, 9.17) is 4.74 Å². The van der Waals surface area contributed by atoms with Crippen LogP contribution in [0.2, 0.25) is 0 Å². The van der Waals surface area contributed by atoms with Crippen LogP contribution < -0.4 is 10.2 Å². The number of alkyl halides is 3. The van der Waals surface area contributed by atoms with Gasteiger partial charge in [-0.2, -0.15) is 13.2 Å². The third-order valence-electron chi connectivity index (χ3n) is 6.33. The molecule has 2 fully saturated rings. The van der Waals surface area contributed by atoms with Crippen LogP contribution in [0.1, 0.15) is 31.4 Å². The first kappa shape index (κ1) is 24.8. The largest absolute Gasteiger partial charge is 0.437 e. The van der Waals surface area contributed by atoms with Crippen molar-refractivity contribution in [1.82, 2.24) is 14.9 Å². The number of halogens is 3. The molecule has 2 aromatic rings. The van der Waals surface area contributed by atoms with Crippen molar-refractivity contribution in [3.05, 3.63) is 47.1 Å². The molecule has 35 heavy (non-hydrogen) atoms.